The molecule has 0 radical (unpaired) electrons. The molecule has 1 rings (SSSR count). The molecule has 0 aliphatic heterocycles. The highest BCUT2D eigenvalue weighted by atomic mass is 35.5. The van der Waals surface area contributed by atoms with Gasteiger partial charge < -0.3 is 10.1 Å². The Hall–Kier alpha value is -0.640. The largest absolute Gasteiger partial charge is 0.379 e. The van der Waals surface area contributed by atoms with Crippen molar-refractivity contribution in [3.05, 3.63) is 34.6 Å². The first kappa shape index (κ1) is 17.4. The van der Waals surface area contributed by atoms with Crippen molar-refractivity contribution in [2.75, 3.05) is 13.7 Å². The van der Waals surface area contributed by atoms with E-state index in [1.807, 2.05) is 6.07 Å². The molecule has 0 saturated carbocycles. The predicted molar refractivity (Wildman–Crippen MR) is 82.8 cm³/mol. The Balaban J connectivity index is 2.79. The van der Waals surface area contributed by atoms with Crippen LogP contribution in [-0.2, 0) is 4.74 Å². The maximum absolute atomic E-state index is 13.6. The first-order chi connectivity index (χ1) is 9.39. The zero-order valence-electron chi connectivity index (χ0n) is 12.8. The van der Waals surface area contributed by atoms with E-state index in [4.69, 9.17) is 16.3 Å². The molecular formula is C16H25ClFNO. The second-order valence-corrected chi connectivity index (χ2v) is 6.09. The maximum Gasteiger partial charge on any atom is 0.142 e. The molecule has 0 aliphatic rings. The van der Waals surface area contributed by atoms with Crippen LogP contribution in [0.2, 0.25) is 5.02 Å². The molecular weight excluding hydrogens is 277 g/mol. The predicted octanol–water partition coefficient (Wildman–Crippen LogP) is 4.73. The molecule has 1 aromatic carbocycles. The van der Waals surface area contributed by atoms with Crippen molar-refractivity contribution in [1.29, 1.82) is 0 Å². The standard InChI is InChI=1S/C16H25ClFNO/c1-5-10-19-15(8-9-16(2,3)20-4)12-6-7-13(17)14(18)11-12/h6-7,11,15,19H,5,8-10H2,1-4H3. The Morgan fingerprint density at radius 3 is 2.65 bits per heavy atom. The third-order valence-electron chi connectivity index (χ3n) is 3.57. The van der Waals surface area contributed by atoms with E-state index in [1.54, 1.807) is 13.2 Å². The van der Waals surface area contributed by atoms with Crippen LogP contribution < -0.4 is 5.32 Å². The van der Waals surface area contributed by atoms with Gasteiger partial charge in [-0.3, -0.25) is 0 Å². The highest BCUT2D eigenvalue weighted by Gasteiger charge is 2.20. The van der Waals surface area contributed by atoms with Gasteiger partial charge in [0.15, 0.2) is 0 Å². The highest BCUT2D eigenvalue weighted by Crippen LogP contribution is 2.26. The molecule has 0 spiro atoms. The fourth-order valence-electron chi connectivity index (χ4n) is 2.03. The molecule has 0 aliphatic carbocycles. The number of ether oxygens (including phenoxy) is 1. The lowest BCUT2D eigenvalue weighted by Crippen LogP contribution is -2.28. The lowest BCUT2D eigenvalue weighted by atomic mass is 9.94. The molecule has 0 amide bonds. The van der Waals surface area contributed by atoms with Crippen LogP contribution in [0.5, 0.6) is 0 Å². The topological polar surface area (TPSA) is 21.3 Å². The summed E-state index contributed by atoms with van der Waals surface area (Å²) < 4.78 is 19.1. The summed E-state index contributed by atoms with van der Waals surface area (Å²) in [5, 5.41) is 3.63. The Morgan fingerprint density at radius 1 is 1.40 bits per heavy atom. The minimum atomic E-state index is -0.363. The number of benzene rings is 1. The summed E-state index contributed by atoms with van der Waals surface area (Å²) in [6.45, 7) is 7.15. The lowest BCUT2D eigenvalue weighted by molar-refractivity contribution is 0.0117. The summed E-state index contributed by atoms with van der Waals surface area (Å²) in [6, 6.07) is 5.15. The fraction of sp³-hybridized carbons (Fsp3) is 0.625. The zero-order valence-corrected chi connectivity index (χ0v) is 13.6. The number of hydrogen-bond acceptors (Lipinski definition) is 2. The molecule has 2 nitrogen and oxygen atoms in total. The SMILES string of the molecule is CCCNC(CCC(C)(C)OC)c1ccc(Cl)c(F)c1. The number of halogens is 2. The van der Waals surface area contributed by atoms with Crippen molar-refractivity contribution in [2.45, 2.75) is 51.7 Å². The molecule has 114 valence electrons. The van der Waals surface area contributed by atoms with Gasteiger partial charge in [0.2, 0.25) is 0 Å². The van der Waals surface area contributed by atoms with Gasteiger partial charge in [0.25, 0.3) is 0 Å². The molecule has 0 heterocycles. The number of hydrogen-bond donors (Lipinski definition) is 1. The first-order valence-corrected chi connectivity index (χ1v) is 7.51. The van der Waals surface area contributed by atoms with Crippen LogP contribution in [0.25, 0.3) is 0 Å². The van der Waals surface area contributed by atoms with Crippen LogP contribution in [-0.4, -0.2) is 19.3 Å². The summed E-state index contributed by atoms with van der Waals surface area (Å²) in [5.74, 6) is -0.363. The Bertz CT molecular complexity index is 423. The van der Waals surface area contributed by atoms with Crippen molar-refractivity contribution in [2.24, 2.45) is 0 Å². The van der Waals surface area contributed by atoms with Crippen LogP contribution in [0.3, 0.4) is 0 Å². The number of methoxy groups -OCH3 is 1. The molecule has 0 fully saturated rings. The monoisotopic (exact) mass is 301 g/mol. The molecule has 1 atom stereocenters. The van der Waals surface area contributed by atoms with Crippen molar-refractivity contribution >= 4 is 11.6 Å². The molecule has 1 unspecified atom stereocenters. The number of rotatable bonds is 8. The van der Waals surface area contributed by atoms with E-state index >= 15 is 0 Å². The third kappa shape index (κ3) is 5.39. The molecule has 0 aromatic heterocycles. The summed E-state index contributed by atoms with van der Waals surface area (Å²) >= 11 is 5.75. The Morgan fingerprint density at radius 2 is 2.10 bits per heavy atom. The quantitative estimate of drug-likeness (QED) is 0.750. The van der Waals surface area contributed by atoms with Gasteiger partial charge >= 0.3 is 0 Å². The van der Waals surface area contributed by atoms with Crippen molar-refractivity contribution in [3.8, 4) is 0 Å². The van der Waals surface area contributed by atoms with E-state index in [2.05, 4.69) is 26.1 Å². The van der Waals surface area contributed by atoms with Gasteiger partial charge in [-0.05, 0) is 57.4 Å². The van der Waals surface area contributed by atoms with Crippen LogP contribution in [0.15, 0.2) is 18.2 Å². The maximum atomic E-state index is 13.6. The molecule has 1 N–H and O–H groups in total. The second-order valence-electron chi connectivity index (χ2n) is 5.68. The van der Waals surface area contributed by atoms with Gasteiger partial charge in [-0.1, -0.05) is 24.6 Å². The normalized spacial score (nSPS) is 13.5. The van der Waals surface area contributed by atoms with Crippen molar-refractivity contribution in [1.82, 2.24) is 5.32 Å². The van der Waals surface area contributed by atoms with E-state index < -0.39 is 0 Å². The van der Waals surface area contributed by atoms with Gasteiger partial charge in [-0.2, -0.15) is 0 Å². The average molecular weight is 302 g/mol. The smallest absolute Gasteiger partial charge is 0.142 e. The van der Waals surface area contributed by atoms with Gasteiger partial charge in [0.05, 0.1) is 10.6 Å². The lowest BCUT2D eigenvalue weighted by Gasteiger charge is -2.27. The van der Waals surface area contributed by atoms with Crippen molar-refractivity contribution in [3.63, 3.8) is 0 Å². The van der Waals surface area contributed by atoms with Crippen molar-refractivity contribution < 1.29 is 9.13 Å². The minimum absolute atomic E-state index is 0.121. The molecule has 4 heteroatoms. The van der Waals surface area contributed by atoms with Gasteiger partial charge in [0, 0.05) is 13.2 Å². The Kier molecular flexibility index (Phi) is 6.93. The fourth-order valence-corrected chi connectivity index (χ4v) is 2.15. The first-order valence-electron chi connectivity index (χ1n) is 7.13. The van der Waals surface area contributed by atoms with E-state index in [0.29, 0.717) is 0 Å². The van der Waals surface area contributed by atoms with Crippen LogP contribution in [0.4, 0.5) is 4.39 Å². The van der Waals surface area contributed by atoms with Gasteiger partial charge in [-0.15, -0.1) is 0 Å². The second kappa shape index (κ2) is 7.96. The molecule has 1 aromatic rings. The number of nitrogens with one attached hydrogen (secondary N) is 1. The van der Waals surface area contributed by atoms with E-state index in [0.717, 1.165) is 31.4 Å². The zero-order chi connectivity index (χ0) is 15.2. The van der Waals surface area contributed by atoms with E-state index in [-0.39, 0.29) is 22.5 Å². The summed E-state index contributed by atoms with van der Waals surface area (Å²) in [6.07, 6.45) is 2.83. The molecule has 0 bridgehead atoms. The summed E-state index contributed by atoms with van der Waals surface area (Å²) in [7, 11) is 1.72. The summed E-state index contributed by atoms with van der Waals surface area (Å²) in [4.78, 5) is 0. The third-order valence-corrected chi connectivity index (χ3v) is 3.88. The van der Waals surface area contributed by atoms with E-state index in [1.165, 1.54) is 6.07 Å². The highest BCUT2D eigenvalue weighted by molar-refractivity contribution is 6.30. The van der Waals surface area contributed by atoms with Gasteiger partial charge in [0.1, 0.15) is 5.82 Å². The molecule has 0 saturated heterocycles. The van der Waals surface area contributed by atoms with Crippen LogP contribution in [0.1, 0.15) is 51.6 Å². The van der Waals surface area contributed by atoms with Crippen LogP contribution >= 0.6 is 11.6 Å². The average Bonchev–Trinajstić information content (AvgIpc) is 2.42. The minimum Gasteiger partial charge on any atom is -0.379 e. The van der Waals surface area contributed by atoms with Gasteiger partial charge in [-0.25, -0.2) is 4.39 Å². The van der Waals surface area contributed by atoms with Crippen LogP contribution in [0, 0.1) is 5.82 Å². The Labute approximate surface area is 126 Å². The van der Waals surface area contributed by atoms with E-state index in [9.17, 15) is 4.39 Å². The summed E-state index contributed by atoms with van der Waals surface area (Å²) in [5.41, 5.74) is 0.768. The molecule has 20 heavy (non-hydrogen) atoms.